The Bertz CT molecular complexity index is 637. The molecule has 9 heteroatoms. The molecule has 0 fully saturated rings. The lowest BCUT2D eigenvalue weighted by atomic mass is 10.2. The van der Waals surface area contributed by atoms with Gasteiger partial charge < -0.3 is 10.4 Å². The average molecular weight is 291 g/mol. The molecule has 0 radical (unpaired) electrons. The first kappa shape index (κ1) is 14.6. The van der Waals surface area contributed by atoms with E-state index in [1.54, 1.807) is 12.1 Å². The summed E-state index contributed by atoms with van der Waals surface area (Å²) in [5, 5.41) is 29.5. The molecule has 0 spiro atoms. The van der Waals surface area contributed by atoms with Crippen LogP contribution < -0.4 is 5.32 Å². The lowest BCUT2D eigenvalue weighted by Crippen LogP contribution is -2.19. The summed E-state index contributed by atoms with van der Waals surface area (Å²) in [6.07, 6.45) is 1.36. The largest absolute Gasteiger partial charge is 0.476 e. The van der Waals surface area contributed by atoms with Crippen molar-refractivity contribution < 1.29 is 14.8 Å². The van der Waals surface area contributed by atoms with Gasteiger partial charge in [-0.3, -0.25) is 14.8 Å². The van der Waals surface area contributed by atoms with Crippen LogP contribution in [0.15, 0.2) is 30.5 Å². The van der Waals surface area contributed by atoms with Crippen LogP contribution in [0.4, 0.5) is 5.69 Å². The predicted octanol–water partition coefficient (Wildman–Crippen LogP) is 0.674. The van der Waals surface area contributed by atoms with Crippen LogP contribution in [0.25, 0.3) is 0 Å². The summed E-state index contributed by atoms with van der Waals surface area (Å²) in [5.41, 5.74) is 0.887. The number of nitrogens with zero attached hydrogens (tertiary/aromatic N) is 4. The molecule has 1 heterocycles. The van der Waals surface area contributed by atoms with Crippen molar-refractivity contribution in [2.24, 2.45) is 0 Å². The van der Waals surface area contributed by atoms with E-state index >= 15 is 0 Å². The number of hydrogen-bond acceptors (Lipinski definition) is 6. The van der Waals surface area contributed by atoms with Crippen LogP contribution in [-0.4, -0.2) is 37.5 Å². The minimum Gasteiger partial charge on any atom is -0.476 e. The van der Waals surface area contributed by atoms with Gasteiger partial charge in [-0.25, -0.2) is 4.79 Å². The quantitative estimate of drug-likeness (QED) is 0.436. The lowest BCUT2D eigenvalue weighted by molar-refractivity contribution is -0.384. The van der Waals surface area contributed by atoms with Gasteiger partial charge >= 0.3 is 5.97 Å². The predicted molar refractivity (Wildman–Crippen MR) is 71.8 cm³/mol. The molecule has 0 aliphatic heterocycles. The van der Waals surface area contributed by atoms with Gasteiger partial charge in [0.15, 0.2) is 5.69 Å². The number of aromatic carboxylic acids is 1. The maximum atomic E-state index is 10.6. The summed E-state index contributed by atoms with van der Waals surface area (Å²) >= 11 is 0. The first-order chi connectivity index (χ1) is 10.1. The van der Waals surface area contributed by atoms with Crippen molar-refractivity contribution in [2.45, 2.75) is 13.1 Å². The van der Waals surface area contributed by atoms with Gasteiger partial charge in [0.05, 0.1) is 17.7 Å². The van der Waals surface area contributed by atoms with E-state index in [2.05, 4.69) is 15.6 Å². The van der Waals surface area contributed by atoms with Crippen LogP contribution >= 0.6 is 0 Å². The van der Waals surface area contributed by atoms with E-state index in [0.717, 1.165) is 5.56 Å². The third-order valence-electron chi connectivity index (χ3n) is 2.75. The normalized spacial score (nSPS) is 10.5. The van der Waals surface area contributed by atoms with Crippen LogP contribution in [0, 0.1) is 10.1 Å². The number of benzene rings is 1. The van der Waals surface area contributed by atoms with E-state index in [9.17, 15) is 14.9 Å². The Labute approximate surface area is 119 Å². The topological polar surface area (TPSA) is 123 Å². The molecular weight excluding hydrogens is 278 g/mol. The van der Waals surface area contributed by atoms with Crippen LogP contribution in [0.2, 0.25) is 0 Å². The van der Waals surface area contributed by atoms with Gasteiger partial charge in [-0.15, -0.1) is 5.10 Å². The molecular formula is C12H13N5O4. The van der Waals surface area contributed by atoms with Crippen molar-refractivity contribution in [1.82, 2.24) is 20.3 Å². The summed E-state index contributed by atoms with van der Waals surface area (Å²) in [4.78, 5) is 20.7. The van der Waals surface area contributed by atoms with Crippen molar-refractivity contribution in [3.05, 3.63) is 51.8 Å². The SMILES string of the molecule is O=C(O)c1cn(CCNCc2ccc([N+](=O)[O-])cc2)nn1. The number of non-ortho nitro benzene ring substituents is 1. The van der Waals surface area contributed by atoms with Crippen molar-refractivity contribution in [3.8, 4) is 0 Å². The van der Waals surface area contributed by atoms with E-state index < -0.39 is 10.9 Å². The second-order valence-corrected chi connectivity index (χ2v) is 4.27. The number of nitro benzene ring substituents is 1. The fourth-order valence-electron chi connectivity index (χ4n) is 1.67. The first-order valence-electron chi connectivity index (χ1n) is 6.14. The van der Waals surface area contributed by atoms with Gasteiger partial charge in [0, 0.05) is 25.2 Å². The molecule has 110 valence electrons. The van der Waals surface area contributed by atoms with Crippen LogP contribution in [0.3, 0.4) is 0 Å². The van der Waals surface area contributed by atoms with Crippen molar-refractivity contribution in [2.75, 3.05) is 6.54 Å². The number of nitro groups is 1. The molecule has 0 bridgehead atoms. The van der Waals surface area contributed by atoms with Crippen LogP contribution in [-0.2, 0) is 13.1 Å². The maximum Gasteiger partial charge on any atom is 0.358 e. The number of nitrogens with one attached hydrogen (secondary N) is 1. The average Bonchev–Trinajstić information content (AvgIpc) is 2.93. The summed E-state index contributed by atoms with van der Waals surface area (Å²) in [6, 6.07) is 6.27. The highest BCUT2D eigenvalue weighted by Gasteiger charge is 2.07. The van der Waals surface area contributed by atoms with Gasteiger partial charge in [0.1, 0.15) is 0 Å². The molecule has 0 unspecified atom stereocenters. The van der Waals surface area contributed by atoms with Crippen LogP contribution in [0.5, 0.6) is 0 Å². The number of aromatic nitrogens is 3. The van der Waals surface area contributed by atoms with Gasteiger partial charge in [-0.2, -0.15) is 0 Å². The minimum absolute atomic E-state index is 0.0579. The summed E-state index contributed by atoms with van der Waals surface area (Å²) in [6.45, 7) is 1.60. The number of carbonyl (C=O) groups is 1. The van der Waals surface area contributed by atoms with E-state index in [4.69, 9.17) is 5.11 Å². The fraction of sp³-hybridized carbons (Fsp3) is 0.250. The maximum absolute atomic E-state index is 10.6. The molecule has 0 aliphatic rings. The molecule has 0 amide bonds. The molecule has 0 saturated heterocycles. The summed E-state index contributed by atoms with van der Waals surface area (Å²) in [5.74, 6) is -1.11. The summed E-state index contributed by atoms with van der Waals surface area (Å²) < 4.78 is 1.44. The zero-order chi connectivity index (χ0) is 15.2. The molecule has 1 aromatic heterocycles. The van der Waals surface area contributed by atoms with Crippen molar-refractivity contribution in [3.63, 3.8) is 0 Å². The highest BCUT2D eigenvalue weighted by Crippen LogP contribution is 2.11. The molecule has 2 rings (SSSR count). The Morgan fingerprint density at radius 2 is 2.10 bits per heavy atom. The smallest absolute Gasteiger partial charge is 0.358 e. The number of rotatable bonds is 7. The van der Waals surface area contributed by atoms with Crippen molar-refractivity contribution >= 4 is 11.7 Å². The van der Waals surface area contributed by atoms with Gasteiger partial charge in [0.25, 0.3) is 5.69 Å². The molecule has 0 saturated carbocycles. The number of carboxylic acids is 1. The second kappa shape index (κ2) is 6.57. The third kappa shape index (κ3) is 4.08. The molecule has 0 aliphatic carbocycles. The number of carboxylic acid groups (broad SMARTS) is 1. The Hall–Kier alpha value is -2.81. The monoisotopic (exact) mass is 291 g/mol. The summed E-state index contributed by atoms with van der Waals surface area (Å²) in [7, 11) is 0. The van der Waals surface area contributed by atoms with Crippen LogP contribution in [0.1, 0.15) is 16.1 Å². The van der Waals surface area contributed by atoms with Gasteiger partial charge in [-0.1, -0.05) is 17.3 Å². The Morgan fingerprint density at radius 1 is 1.38 bits per heavy atom. The minimum atomic E-state index is -1.11. The van der Waals surface area contributed by atoms with Gasteiger partial charge in [-0.05, 0) is 5.56 Å². The Kier molecular flexibility index (Phi) is 4.57. The third-order valence-corrected chi connectivity index (χ3v) is 2.75. The molecule has 1 aromatic carbocycles. The van der Waals surface area contributed by atoms with E-state index in [-0.39, 0.29) is 11.4 Å². The number of hydrogen-bond donors (Lipinski definition) is 2. The molecule has 21 heavy (non-hydrogen) atoms. The Morgan fingerprint density at radius 3 is 2.67 bits per heavy atom. The van der Waals surface area contributed by atoms with Gasteiger partial charge in [0.2, 0.25) is 0 Å². The highest BCUT2D eigenvalue weighted by atomic mass is 16.6. The Balaban J connectivity index is 1.76. The fourth-order valence-corrected chi connectivity index (χ4v) is 1.67. The lowest BCUT2D eigenvalue weighted by Gasteiger charge is -2.04. The van der Waals surface area contributed by atoms with E-state index in [1.165, 1.54) is 23.0 Å². The van der Waals surface area contributed by atoms with E-state index in [1.807, 2.05) is 0 Å². The second-order valence-electron chi connectivity index (χ2n) is 4.27. The highest BCUT2D eigenvalue weighted by molar-refractivity contribution is 5.84. The molecule has 9 nitrogen and oxygen atoms in total. The molecule has 0 atom stereocenters. The standard InChI is InChI=1S/C12H13N5O4/c18-12(19)11-8-16(15-14-11)6-5-13-7-9-1-3-10(4-2-9)17(20)21/h1-4,8,13H,5-7H2,(H,18,19). The first-order valence-corrected chi connectivity index (χ1v) is 6.14. The molecule has 2 N–H and O–H groups in total. The molecule has 2 aromatic rings. The van der Waals surface area contributed by atoms with E-state index in [0.29, 0.717) is 19.6 Å². The zero-order valence-electron chi connectivity index (χ0n) is 11.0. The van der Waals surface area contributed by atoms with Crippen molar-refractivity contribution in [1.29, 1.82) is 0 Å². The zero-order valence-corrected chi connectivity index (χ0v) is 11.0.